The summed E-state index contributed by atoms with van der Waals surface area (Å²) < 4.78 is 40.3. The summed E-state index contributed by atoms with van der Waals surface area (Å²) in [5.41, 5.74) is -0.591. The molecule has 0 unspecified atom stereocenters. The Bertz CT molecular complexity index is 744. The van der Waals surface area contributed by atoms with Crippen LogP contribution < -0.4 is 5.32 Å². The van der Waals surface area contributed by atoms with Gasteiger partial charge in [0.25, 0.3) is 10.1 Å². The number of carbonyl (C=O) groups is 2. The summed E-state index contributed by atoms with van der Waals surface area (Å²) in [7, 11) is -4.26. The van der Waals surface area contributed by atoms with Crippen LogP contribution in [0.4, 0.5) is 4.79 Å². The van der Waals surface area contributed by atoms with E-state index in [9.17, 15) is 18.0 Å². The van der Waals surface area contributed by atoms with Gasteiger partial charge in [0.05, 0.1) is 11.5 Å². The highest BCUT2D eigenvalue weighted by Crippen LogP contribution is 2.29. The molecule has 1 N–H and O–H groups in total. The third-order valence-corrected chi connectivity index (χ3v) is 5.10. The number of carbonyl (C=O) groups excluding carboxylic acids is 2. The lowest BCUT2D eigenvalue weighted by Gasteiger charge is -2.37. The molecular formula is C16H21NO7S. The Morgan fingerprint density at radius 2 is 2.00 bits per heavy atom. The molecule has 1 fully saturated rings. The number of esters is 1. The Balaban J connectivity index is 2.34. The van der Waals surface area contributed by atoms with Crippen LogP contribution in [0.15, 0.2) is 29.2 Å². The first kappa shape index (κ1) is 19.2. The van der Waals surface area contributed by atoms with E-state index in [1.54, 1.807) is 19.1 Å². The van der Waals surface area contributed by atoms with Crippen LogP contribution in [0.3, 0.4) is 0 Å². The van der Waals surface area contributed by atoms with E-state index in [1.165, 1.54) is 19.1 Å². The second-order valence-corrected chi connectivity index (χ2v) is 7.45. The number of benzene rings is 1. The van der Waals surface area contributed by atoms with Crippen molar-refractivity contribution in [3.8, 4) is 0 Å². The number of rotatable bonds is 6. The van der Waals surface area contributed by atoms with Crippen molar-refractivity contribution in [3.05, 3.63) is 29.8 Å². The van der Waals surface area contributed by atoms with Crippen molar-refractivity contribution in [3.63, 3.8) is 0 Å². The van der Waals surface area contributed by atoms with Crippen LogP contribution in [0.25, 0.3) is 0 Å². The van der Waals surface area contributed by atoms with Gasteiger partial charge >= 0.3 is 12.1 Å². The van der Waals surface area contributed by atoms with Gasteiger partial charge in [0.15, 0.2) is 5.60 Å². The largest absolute Gasteiger partial charge is 0.464 e. The summed E-state index contributed by atoms with van der Waals surface area (Å²) in [5.74, 6) is -0.907. The first-order chi connectivity index (χ1) is 11.7. The van der Waals surface area contributed by atoms with Crippen molar-refractivity contribution in [2.24, 2.45) is 0 Å². The molecule has 8 nitrogen and oxygen atoms in total. The molecule has 0 saturated carbocycles. The molecular weight excluding hydrogens is 350 g/mol. The molecule has 2 rings (SSSR count). The molecule has 1 aliphatic rings. The fourth-order valence-corrected chi connectivity index (χ4v) is 3.51. The first-order valence-electron chi connectivity index (χ1n) is 7.81. The first-order valence-corrected chi connectivity index (χ1v) is 9.22. The van der Waals surface area contributed by atoms with Crippen LogP contribution in [0.1, 0.15) is 25.8 Å². The van der Waals surface area contributed by atoms with E-state index in [2.05, 4.69) is 5.32 Å². The van der Waals surface area contributed by atoms with E-state index in [4.69, 9.17) is 13.7 Å². The van der Waals surface area contributed by atoms with E-state index in [0.29, 0.717) is 0 Å². The average molecular weight is 371 g/mol. The average Bonchev–Trinajstić information content (AvgIpc) is 2.53. The topological polar surface area (TPSA) is 108 Å². The van der Waals surface area contributed by atoms with Gasteiger partial charge in [-0.05, 0) is 32.9 Å². The van der Waals surface area contributed by atoms with Crippen molar-refractivity contribution in [2.45, 2.75) is 43.8 Å². The maximum Gasteiger partial charge on any atom is 0.407 e. The number of nitrogens with one attached hydrogen (secondary N) is 1. The zero-order valence-electron chi connectivity index (χ0n) is 14.3. The summed E-state index contributed by atoms with van der Waals surface area (Å²) in [6, 6.07) is 5.98. The molecule has 0 aromatic heterocycles. The lowest BCUT2D eigenvalue weighted by atomic mass is 9.94. The molecule has 138 valence electrons. The number of cyclic esters (lactones) is 1. The van der Waals surface area contributed by atoms with Gasteiger partial charge in [0, 0.05) is 13.0 Å². The number of alkyl carbamates (subject to hydrolysis) is 1. The molecule has 0 radical (unpaired) electrons. The molecule has 1 aromatic carbocycles. The molecule has 25 heavy (non-hydrogen) atoms. The lowest BCUT2D eigenvalue weighted by Crippen LogP contribution is -2.56. The molecule has 1 aliphatic heterocycles. The van der Waals surface area contributed by atoms with Gasteiger partial charge in [-0.1, -0.05) is 17.7 Å². The molecule has 0 bridgehead atoms. The zero-order valence-corrected chi connectivity index (χ0v) is 15.1. The van der Waals surface area contributed by atoms with Gasteiger partial charge in [0.2, 0.25) is 6.10 Å². The fraction of sp³-hybridized carbons (Fsp3) is 0.500. The Hall–Kier alpha value is -2.13. The second-order valence-electron chi connectivity index (χ2n) is 5.87. The van der Waals surface area contributed by atoms with E-state index in [1.807, 2.05) is 6.92 Å². The Labute approximate surface area is 146 Å². The fourth-order valence-electron chi connectivity index (χ4n) is 2.39. The smallest absolute Gasteiger partial charge is 0.407 e. The molecule has 0 aliphatic carbocycles. The van der Waals surface area contributed by atoms with Crippen LogP contribution in [-0.2, 0) is 28.6 Å². The van der Waals surface area contributed by atoms with E-state index >= 15 is 0 Å². The van der Waals surface area contributed by atoms with Crippen LogP contribution in [-0.4, -0.2) is 45.3 Å². The minimum atomic E-state index is -4.26. The van der Waals surface area contributed by atoms with Gasteiger partial charge in [0.1, 0.15) is 0 Å². The minimum absolute atomic E-state index is 0.0333. The number of hydrogen-bond acceptors (Lipinski definition) is 7. The third kappa shape index (κ3) is 4.49. The number of ether oxygens (including phenoxy) is 2. The molecule has 0 spiro atoms. The highest BCUT2D eigenvalue weighted by atomic mass is 32.2. The minimum Gasteiger partial charge on any atom is -0.464 e. The standard InChI is InChI=1S/C16H21NO7S/c1-4-22-14(18)13(16(3)9-10-17-15(19)23-16)24-25(20,21)12-7-5-11(2)6-8-12/h5-8,13H,4,9-10H2,1-3H3,(H,17,19)/t13-,16+/m1/s1. The molecule has 2 atom stereocenters. The predicted molar refractivity (Wildman–Crippen MR) is 87.4 cm³/mol. The predicted octanol–water partition coefficient (Wildman–Crippen LogP) is 1.52. The normalized spacial score (nSPS) is 21.8. The third-order valence-electron chi connectivity index (χ3n) is 3.80. The highest BCUT2D eigenvalue weighted by Gasteiger charge is 2.49. The lowest BCUT2D eigenvalue weighted by molar-refractivity contribution is -0.165. The summed E-state index contributed by atoms with van der Waals surface area (Å²) in [4.78, 5) is 23.7. The molecule has 1 amide bonds. The highest BCUT2D eigenvalue weighted by molar-refractivity contribution is 7.86. The summed E-state index contributed by atoms with van der Waals surface area (Å²) >= 11 is 0. The Morgan fingerprint density at radius 1 is 1.36 bits per heavy atom. The number of amides is 1. The van der Waals surface area contributed by atoms with Crippen LogP contribution in [0.2, 0.25) is 0 Å². The van der Waals surface area contributed by atoms with Crippen molar-refractivity contribution in [2.75, 3.05) is 13.2 Å². The number of hydrogen-bond donors (Lipinski definition) is 1. The molecule has 1 aromatic rings. The van der Waals surface area contributed by atoms with Crippen molar-refractivity contribution in [1.29, 1.82) is 0 Å². The monoisotopic (exact) mass is 371 g/mol. The van der Waals surface area contributed by atoms with E-state index in [0.717, 1.165) is 5.56 Å². The number of aryl methyl sites for hydroxylation is 1. The maximum absolute atomic E-state index is 12.5. The Morgan fingerprint density at radius 3 is 2.56 bits per heavy atom. The molecule has 1 saturated heterocycles. The maximum atomic E-state index is 12.5. The van der Waals surface area contributed by atoms with Gasteiger partial charge < -0.3 is 14.8 Å². The quantitative estimate of drug-likeness (QED) is 0.596. The van der Waals surface area contributed by atoms with Gasteiger partial charge in [-0.15, -0.1) is 0 Å². The van der Waals surface area contributed by atoms with Gasteiger partial charge in [-0.2, -0.15) is 8.42 Å². The zero-order chi connectivity index (χ0) is 18.7. The van der Waals surface area contributed by atoms with Gasteiger partial charge in [-0.3, -0.25) is 0 Å². The Kier molecular flexibility index (Phi) is 5.69. The summed E-state index contributed by atoms with van der Waals surface area (Å²) in [5, 5.41) is 2.45. The van der Waals surface area contributed by atoms with Gasteiger partial charge in [-0.25, -0.2) is 13.8 Å². The second kappa shape index (κ2) is 7.40. The van der Waals surface area contributed by atoms with E-state index in [-0.39, 0.29) is 24.5 Å². The van der Waals surface area contributed by atoms with Crippen LogP contribution in [0, 0.1) is 6.92 Å². The summed E-state index contributed by atoms with van der Waals surface area (Å²) in [6.45, 7) is 5.09. The van der Waals surface area contributed by atoms with Crippen LogP contribution in [0.5, 0.6) is 0 Å². The van der Waals surface area contributed by atoms with E-state index < -0.39 is 33.9 Å². The molecule has 9 heteroatoms. The van der Waals surface area contributed by atoms with Crippen molar-refractivity contribution >= 4 is 22.2 Å². The van der Waals surface area contributed by atoms with Crippen molar-refractivity contribution in [1.82, 2.24) is 5.32 Å². The van der Waals surface area contributed by atoms with Crippen LogP contribution >= 0.6 is 0 Å². The van der Waals surface area contributed by atoms with Crippen molar-refractivity contribution < 1.29 is 31.7 Å². The summed E-state index contributed by atoms with van der Waals surface area (Å²) in [6.07, 6.45) is -2.17. The molecule has 1 heterocycles. The SMILES string of the molecule is CCOC(=O)[C@@H](OS(=O)(=O)c1ccc(C)cc1)[C@]1(C)CCNC(=O)O1.